The number of aromatic nitrogens is 1. The average molecular weight is 573 g/mol. The van der Waals surface area contributed by atoms with Crippen LogP contribution in [0.25, 0.3) is 0 Å². The van der Waals surface area contributed by atoms with Crippen molar-refractivity contribution < 1.29 is 19.0 Å². The fourth-order valence-corrected chi connectivity index (χ4v) is 5.15. The molecule has 0 radical (unpaired) electrons. The van der Waals surface area contributed by atoms with Crippen molar-refractivity contribution in [2.45, 2.75) is 33.1 Å². The molecular weight excluding hydrogens is 537 g/mol. The molecule has 3 aromatic rings. The van der Waals surface area contributed by atoms with Gasteiger partial charge in [-0.2, -0.15) is 0 Å². The lowest BCUT2D eigenvalue weighted by Crippen LogP contribution is -2.38. The van der Waals surface area contributed by atoms with E-state index < -0.39 is 0 Å². The average Bonchev–Trinajstić information content (AvgIpc) is 2.95. The Morgan fingerprint density at radius 2 is 1.67 bits per heavy atom. The van der Waals surface area contributed by atoms with Crippen LogP contribution in [0.4, 0.5) is 5.69 Å². The van der Waals surface area contributed by atoms with Gasteiger partial charge >= 0.3 is 0 Å². The molecular formula is C30H35Cl2N3O4. The Morgan fingerprint density at radius 3 is 2.33 bits per heavy atom. The first-order valence-corrected chi connectivity index (χ1v) is 14.2. The number of hydrogen-bond donors (Lipinski definition) is 1. The van der Waals surface area contributed by atoms with Gasteiger partial charge in [-0.1, -0.05) is 29.3 Å². The van der Waals surface area contributed by atoms with Gasteiger partial charge in [-0.15, -0.1) is 0 Å². The summed E-state index contributed by atoms with van der Waals surface area (Å²) in [6.45, 7) is 7.52. The molecule has 0 atom stereocenters. The van der Waals surface area contributed by atoms with Gasteiger partial charge in [0.2, 0.25) is 5.75 Å². The first kappa shape index (κ1) is 28.8. The van der Waals surface area contributed by atoms with Gasteiger partial charge in [0.1, 0.15) is 0 Å². The van der Waals surface area contributed by atoms with Gasteiger partial charge in [-0.25, -0.2) is 0 Å². The number of ether oxygens (including phenoxy) is 3. The van der Waals surface area contributed by atoms with E-state index >= 15 is 0 Å². The lowest BCUT2D eigenvalue weighted by molar-refractivity contribution is 0.0943. The van der Waals surface area contributed by atoms with Crippen LogP contribution < -0.4 is 24.4 Å². The molecule has 7 nitrogen and oxygen atoms in total. The maximum Gasteiger partial charge on any atom is 0.251 e. The molecule has 0 spiro atoms. The Kier molecular flexibility index (Phi) is 10.6. The zero-order valence-electron chi connectivity index (χ0n) is 22.4. The molecule has 4 rings (SSSR count). The number of halogens is 2. The highest BCUT2D eigenvalue weighted by Crippen LogP contribution is 2.39. The quantitative estimate of drug-likeness (QED) is 0.269. The molecule has 2 heterocycles. The fraction of sp³-hybridized carbons (Fsp3) is 0.400. The van der Waals surface area contributed by atoms with Crippen molar-refractivity contribution in [1.29, 1.82) is 0 Å². The number of benzene rings is 2. The molecule has 1 saturated heterocycles. The smallest absolute Gasteiger partial charge is 0.251 e. The molecule has 9 heteroatoms. The van der Waals surface area contributed by atoms with E-state index in [-0.39, 0.29) is 5.91 Å². The molecule has 1 fully saturated rings. The summed E-state index contributed by atoms with van der Waals surface area (Å²) in [5.74, 6) is 1.68. The summed E-state index contributed by atoms with van der Waals surface area (Å²) < 4.78 is 17.8. The summed E-state index contributed by atoms with van der Waals surface area (Å²) in [5, 5.41) is 4.29. The van der Waals surface area contributed by atoms with E-state index in [1.165, 1.54) is 5.69 Å². The third-order valence-electron chi connectivity index (χ3n) is 6.71. The molecule has 1 amide bonds. The van der Waals surface area contributed by atoms with Crippen molar-refractivity contribution in [3.05, 3.63) is 76.0 Å². The van der Waals surface area contributed by atoms with Gasteiger partial charge in [0.05, 0.1) is 19.8 Å². The number of anilines is 1. The van der Waals surface area contributed by atoms with E-state index in [0.717, 1.165) is 31.5 Å². The van der Waals surface area contributed by atoms with Gasteiger partial charge in [-0.3, -0.25) is 9.78 Å². The van der Waals surface area contributed by atoms with Crippen LogP contribution in [0.5, 0.6) is 17.2 Å². The molecule has 0 saturated carbocycles. The molecule has 39 heavy (non-hydrogen) atoms. The lowest BCUT2D eigenvalue weighted by atomic mass is 9.96. The molecule has 0 aliphatic carbocycles. The number of pyridine rings is 1. The number of carbonyl (C=O) groups is 1. The monoisotopic (exact) mass is 571 g/mol. The van der Waals surface area contributed by atoms with E-state index in [9.17, 15) is 4.79 Å². The zero-order chi connectivity index (χ0) is 27.6. The predicted octanol–water partition coefficient (Wildman–Crippen LogP) is 6.45. The van der Waals surface area contributed by atoms with Gasteiger partial charge in [0.15, 0.2) is 11.5 Å². The van der Waals surface area contributed by atoms with Crippen LogP contribution in [-0.2, 0) is 6.42 Å². The topological polar surface area (TPSA) is 72.9 Å². The second kappa shape index (κ2) is 14.3. The minimum atomic E-state index is -0.166. The molecule has 0 unspecified atom stereocenters. The molecule has 208 valence electrons. The molecule has 1 aliphatic rings. The summed E-state index contributed by atoms with van der Waals surface area (Å²) >= 11 is 12.3. The number of piperidine rings is 1. The van der Waals surface area contributed by atoms with E-state index in [4.69, 9.17) is 37.4 Å². The Balaban J connectivity index is 1.40. The lowest BCUT2D eigenvalue weighted by Gasteiger charge is -2.33. The highest BCUT2D eigenvalue weighted by molar-refractivity contribution is 6.35. The van der Waals surface area contributed by atoms with Crippen LogP contribution in [0.3, 0.4) is 0 Å². The standard InChI is InChI=1S/C30H35Cl2N3O4/c1-3-37-27-17-23(30(36)34-20-21-9-14-35(15-10-21)25-7-12-33-13-8-25)18-28(29(27)38-4-2)39-16-11-22-5-6-24(31)19-26(22)32/h5-8,12-13,17-19,21H,3-4,9-11,14-16,20H2,1-2H3,(H,34,36). The third-order valence-corrected chi connectivity index (χ3v) is 7.30. The van der Waals surface area contributed by atoms with E-state index in [0.29, 0.717) is 71.6 Å². The number of carbonyl (C=O) groups excluding carboxylic acids is 1. The van der Waals surface area contributed by atoms with Crippen LogP contribution in [0.2, 0.25) is 10.0 Å². The predicted molar refractivity (Wildman–Crippen MR) is 156 cm³/mol. The van der Waals surface area contributed by atoms with Crippen molar-refractivity contribution in [2.24, 2.45) is 5.92 Å². The van der Waals surface area contributed by atoms with Crippen molar-refractivity contribution in [1.82, 2.24) is 10.3 Å². The third kappa shape index (κ3) is 7.93. The highest BCUT2D eigenvalue weighted by atomic mass is 35.5. The van der Waals surface area contributed by atoms with Crippen LogP contribution in [0.15, 0.2) is 54.9 Å². The van der Waals surface area contributed by atoms with Gasteiger partial charge in [-0.05, 0) is 74.6 Å². The maximum absolute atomic E-state index is 13.2. The van der Waals surface area contributed by atoms with Gasteiger partial charge < -0.3 is 24.4 Å². The summed E-state index contributed by atoms with van der Waals surface area (Å²) in [7, 11) is 0. The van der Waals surface area contributed by atoms with Crippen molar-refractivity contribution >= 4 is 34.8 Å². The number of nitrogens with zero attached hydrogens (tertiary/aromatic N) is 2. The van der Waals surface area contributed by atoms with E-state index in [1.54, 1.807) is 24.3 Å². The number of amides is 1. The zero-order valence-corrected chi connectivity index (χ0v) is 23.9. The minimum Gasteiger partial charge on any atom is -0.490 e. The Labute approximate surface area is 240 Å². The van der Waals surface area contributed by atoms with Gasteiger partial charge in [0, 0.05) is 59.7 Å². The van der Waals surface area contributed by atoms with Crippen molar-refractivity contribution in [3.8, 4) is 17.2 Å². The molecule has 0 bridgehead atoms. The van der Waals surface area contributed by atoms with Crippen molar-refractivity contribution in [3.63, 3.8) is 0 Å². The molecule has 1 aromatic heterocycles. The first-order chi connectivity index (χ1) is 19.0. The molecule has 1 aliphatic heterocycles. The number of rotatable bonds is 12. The largest absolute Gasteiger partial charge is 0.490 e. The second-order valence-electron chi connectivity index (χ2n) is 9.35. The molecule has 1 N–H and O–H groups in total. The van der Waals surface area contributed by atoms with E-state index in [1.807, 2.05) is 44.4 Å². The number of hydrogen-bond acceptors (Lipinski definition) is 6. The summed E-state index contributed by atoms with van der Waals surface area (Å²) in [4.78, 5) is 19.7. The maximum atomic E-state index is 13.2. The first-order valence-electron chi connectivity index (χ1n) is 13.4. The Bertz CT molecular complexity index is 1230. The summed E-state index contributed by atoms with van der Waals surface area (Å²) in [5.41, 5.74) is 2.58. The minimum absolute atomic E-state index is 0.166. The summed E-state index contributed by atoms with van der Waals surface area (Å²) in [6.07, 6.45) is 6.23. The van der Waals surface area contributed by atoms with Crippen molar-refractivity contribution in [2.75, 3.05) is 44.4 Å². The summed E-state index contributed by atoms with van der Waals surface area (Å²) in [6, 6.07) is 12.9. The number of nitrogens with one attached hydrogen (secondary N) is 1. The molecule has 2 aromatic carbocycles. The Hall–Kier alpha value is -3.16. The van der Waals surface area contributed by atoms with Crippen LogP contribution >= 0.6 is 23.2 Å². The SMILES string of the molecule is CCOc1cc(C(=O)NCC2CCN(c3ccncc3)CC2)cc(OCCc2ccc(Cl)cc2Cl)c1OCC. The second-order valence-corrected chi connectivity index (χ2v) is 10.2. The van der Waals surface area contributed by atoms with E-state index in [2.05, 4.69) is 15.2 Å². The highest BCUT2D eigenvalue weighted by Gasteiger charge is 2.22. The van der Waals surface area contributed by atoms with Crippen LogP contribution in [-0.4, -0.2) is 50.3 Å². The van der Waals surface area contributed by atoms with Crippen LogP contribution in [0, 0.1) is 5.92 Å². The van der Waals surface area contributed by atoms with Gasteiger partial charge in [0.25, 0.3) is 5.91 Å². The Morgan fingerprint density at radius 1 is 0.974 bits per heavy atom. The normalized spacial score (nSPS) is 13.7. The fourth-order valence-electron chi connectivity index (χ4n) is 4.65. The van der Waals surface area contributed by atoms with Crippen LogP contribution in [0.1, 0.15) is 42.6 Å².